The van der Waals surface area contributed by atoms with E-state index in [1.165, 1.54) is 47.4 Å². The van der Waals surface area contributed by atoms with Crippen molar-refractivity contribution in [3.8, 4) is 5.75 Å². The highest BCUT2D eigenvalue weighted by molar-refractivity contribution is 6.06. The first kappa shape index (κ1) is 19.3. The maximum absolute atomic E-state index is 13.0. The minimum atomic E-state index is -0.812. The highest BCUT2D eigenvalue weighted by Gasteiger charge is 2.38. The van der Waals surface area contributed by atoms with E-state index in [2.05, 4.69) is 5.32 Å². The number of hydrogen-bond acceptors (Lipinski definition) is 5. The first-order valence-electron chi connectivity index (χ1n) is 8.58. The van der Waals surface area contributed by atoms with Gasteiger partial charge in [-0.1, -0.05) is 13.8 Å². The van der Waals surface area contributed by atoms with Crippen molar-refractivity contribution < 1.29 is 23.6 Å². The standard InChI is InChI=1S/C19H18FN3O5/c1-11(2)18-19(25)22(10-17(24)21-13-5-3-12(20)4-6-13)15-9-14(23(26)27)7-8-16(15)28-18/h3-9,11,18H,10H2,1-2H3,(H,21,24). The Kier molecular flexibility index (Phi) is 5.25. The topological polar surface area (TPSA) is 102 Å². The number of anilines is 2. The lowest BCUT2D eigenvalue weighted by atomic mass is 10.0. The second kappa shape index (κ2) is 7.63. The fraction of sp³-hybridized carbons (Fsp3) is 0.263. The van der Waals surface area contributed by atoms with Crippen LogP contribution in [0.3, 0.4) is 0 Å². The summed E-state index contributed by atoms with van der Waals surface area (Å²) in [6.07, 6.45) is -0.812. The van der Waals surface area contributed by atoms with Crippen LogP contribution in [-0.2, 0) is 9.59 Å². The lowest BCUT2D eigenvalue weighted by Gasteiger charge is -2.35. The number of ether oxygens (including phenoxy) is 1. The molecule has 0 radical (unpaired) electrons. The Morgan fingerprint density at radius 1 is 1.29 bits per heavy atom. The summed E-state index contributed by atoms with van der Waals surface area (Å²) in [7, 11) is 0. The number of non-ortho nitro benzene ring substituents is 1. The number of nitrogens with one attached hydrogen (secondary N) is 1. The van der Waals surface area contributed by atoms with Gasteiger partial charge in [-0.15, -0.1) is 0 Å². The third kappa shape index (κ3) is 3.93. The molecule has 0 aromatic heterocycles. The zero-order chi connectivity index (χ0) is 20.4. The Labute approximate surface area is 160 Å². The molecule has 0 fully saturated rings. The molecule has 0 aliphatic carbocycles. The van der Waals surface area contributed by atoms with Crippen LogP contribution in [0, 0.1) is 21.8 Å². The van der Waals surface area contributed by atoms with Gasteiger partial charge in [0.1, 0.15) is 18.1 Å². The summed E-state index contributed by atoms with van der Waals surface area (Å²) < 4.78 is 18.7. The molecule has 8 nitrogen and oxygen atoms in total. The van der Waals surface area contributed by atoms with Gasteiger partial charge in [-0.05, 0) is 36.2 Å². The normalized spacial score (nSPS) is 15.8. The monoisotopic (exact) mass is 387 g/mol. The molecule has 0 saturated carbocycles. The molecule has 1 aliphatic heterocycles. The van der Waals surface area contributed by atoms with Crippen LogP contribution in [0.4, 0.5) is 21.5 Å². The van der Waals surface area contributed by atoms with Gasteiger partial charge in [0, 0.05) is 17.8 Å². The van der Waals surface area contributed by atoms with Crippen LogP contribution < -0.4 is 15.0 Å². The van der Waals surface area contributed by atoms with Crippen molar-refractivity contribution in [2.45, 2.75) is 20.0 Å². The summed E-state index contributed by atoms with van der Waals surface area (Å²) in [5, 5.41) is 13.7. The van der Waals surface area contributed by atoms with Gasteiger partial charge in [-0.3, -0.25) is 24.6 Å². The summed E-state index contributed by atoms with van der Waals surface area (Å²) in [5.41, 5.74) is 0.305. The van der Waals surface area contributed by atoms with Crippen molar-refractivity contribution in [1.82, 2.24) is 0 Å². The Bertz CT molecular complexity index is 930. The Hall–Kier alpha value is -3.49. The quantitative estimate of drug-likeness (QED) is 0.627. The van der Waals surface area contributed by atoms with Crippen LogP contribution in [-0.4, -0.2) is 29.4 Å². The lowest BCUT2D eigenvalue weighted by Crippen LogP contribution is -2.50. The number of amides is 2. The molecule has 9 heteroatoms. The predicted molar refractivity (Wildman–Crippen MR) is 99.7 cm³/mol. The van der Waals surface area contributed by atoms with Crippen LogP contribution in [0.1, 0.15) is 13.8 Å². The molecule has 1 atom stereocenters. The molecule has 0 spiro atoms. The maximum atomic E-state index is 13.0. The molecule has 2 aromatic rings. The molecule has 2 aromatic carbocycles. The van der Waals surface area contributed by atoms with Crippen molar-refractivity contribution in [3.05, 3.63) is 58.4 Å². The minimum absolute atomic E-state index is 0.158. The largest absolute Gasteiger partial charge is 0.478 e. The first-order chi connectivity index (χ1) is 13.3. The van der Waals surface area contributed by atoms with Crippen LogP contribution in [0.5, 0.6) is 5.75 Å². The zero-order valence-corrected chi connectivity index (χ0v) is 15.2. The number of carbonyl (C=O) groups excluding carboxylic acids is 2. The van der Waals surface area contributed by atoms with E-state index in [9.17, 15) is 24.1 Å². The van der Waals surface area contributed by atoms with E-state index in [0.717, 1.165) is 0 Å². The fourth-order valence-electron chi connectivity index (χ4n) is 2.85. The maximum Gasteiger partial charge on any atom is 0.271 e. The summed E-state index contributed by atoms with van der Waals surface area (Å²) >= 11 is 0. The highest BCUT2D eigenvalue weighted by Crippen LogP contribution is 2.38. The molecule has 1 N–H and O–H groups in total. The summed E-state index contributed by atoms with van der Waals surface area (Å²) in [6.45, 7) is 3.24. The van der Waals surface area contributed by atoms with Crippen LogP contribution in [0.2, 0.25) is 0 Å². The lowest BCUT2D eigenvalue weighted by molar-refractivity contribution is -0.384. The van der Waals surface area contributed by atoms with Gasteiger partial charge in [-0.25, -0.2) is 4.39 Å². The molecular formula is C19H18FN3O5. The first-order valence-corrected chi connectivity index (χ1v) is 8.58. The average Bonchev–Trinajstić information content (AvgIpc) is 2.65. The summed E-state index contributed by atoms with van der Waals surface area (Å²) in [4.78, 5) is 37.0. The summed E-state index contributed by atoms with van der Waals surface area (Å²) in [6, 6.07) is 9.08. The smallest absolute Gasteiger partial charge is 0.271 e. The number of nitrogens with zero attached hydrogens (tertiary/aromatic N) is 2. The van der Waals surface area contributed by atoms with Crippen molar-refractivity contribution in [1.29, 1.82) is 0 Å². The van der Waals surface area contributed by atoms with Gasteiger partial charge in [0.2, 0.25) is 5.91 Å². The second-order valence-electron chi connectivity index (χ2n) is 6.67. The van der Waals surface area contributed by atoms with E-state index in [4.69, 9.17) is 4.74 Å². The van der Waals surface area contributed by atoms with E-state index in [1.54, 1.807) is 13.8 Å². The second-order valence-corrected chi connectivity index (χ2v) is 6.67. The molecule has 1 unspecified atom stereocenters. The Morgan fingerprint density at radius 3 is 2.57 bits per heavy atom. The van der Waals surface area contributed by atoms with Crippen LogP contribution in [0.25, 0.3) is 0 Å². The van der Waals surface area contributed by atoms with Gasteiger partial charge < -0.3 is 10.1 Å². The highest BCUT2D eigenvalue weighted by atomic mass is 19.1. The van der Waals surface area contributed by atoms with E-state index < -0.39 is 28.7 Å². The molecule has 3 rings (SSSR count). The minimum Gasteiger partial charge on any atom is -0.478 e. The van der Waals surface area contributed by atoms with Crippen molar-refractivity contribution in [2.75, 3.05) is 16.8 Å². The van der Waals surface area contributed by atoms with E-state index in [-0.39, 0.29) is 23.8 Å². The third-order valence-corrected chi connectivity index (χ3v) is 4.24. The molecule has 0 bridgehead atoms. The van der Waals surface area contributed by atoms with Gasteiger partial charge in [0.15, 0.2) is 6.10 Å². The number of nitro benzene ring substituents is 1. The van der Waals surface area contributed by atoms with Crippen LogP contribution in [0.15, 0.2) is 42.5 Å². The molecular weight excluding hydrogens is 369 g/mol. The number of carbonyl (C=O) groups is 2. The van der Waals surface area contributed by atoms with Crippen molar-refractivity contribution in [3.63, 3.8) is 0 Å². The molecule has 146 valence electrons. The van der Waals surface area contributed by atoms with E-state index >= 15 is 0 Å². The van der Waals surface area contributed by atoms with Crippen LogP contribution >= 0.6 is 0 Å². The average molecular weight is 387 g/mol. The molecule has 2 amide bonds. The zero-order valence-electron chi connectivity index (χ0n) is 15.2. The van der Waals surface area contributed by atoms with Gasteiger partial charge in [-0.2, -0.15) is 0 Å². The van der Waals surface area contributed by atoms with Crippen molar-refractivity contribution >= 4 is 28.9 Å². The molecule has 1 aliphatic rings. The number of fused-ring (bicyclic) bond motifs is 1. The SMILES string of the molecule is CC(C)C1Oc2ccc([N+](=O)[O-])cc2N(CC(=O)Nc2ccc(F)cc2)C1=O. The number of halogens is 1. The summed E-state index contributed by atoms with van der Waals surface area (Å²) in [5.74, 6) is -1.31. The number of hydrogen-bond donors (Lipinski definition) is 1. The Balaban J connectivity index is 1.89. The predicted octanol–water partition coefficient (Wildman–Crippen LogP) is 3.12. The van der Waals surface area contributed by atoms with Gasteiger partial charge >= 0.3 is 0 Å². The van der Waals surface area contributed by atoms with Gasteiger partial charge in [0.05, 0.1) is 10.6 Å². The van der Waals surface area contributed by atoms with E-state index in [0.29, 0.717) is 11.4 Å². The fourth-order valence-corrected chi connectivity index (χ4v) is 2.85. The third-order valence-electron chi connectivity index (χ3n) is 4.24. The van der Waals surface area contributed by atoms with Crippen molar-refractivity contribution in [2.24, 2.45) is 5.92 Å². The number of nitro groups is 1. The Morgan fingerprint density at radius 2 is 1.96 bits per heavy atom. The molecule has 28 heavy (non-hydrogen) atoms. The van der Waals surface area contributed by atoms with Gasteiger partial charge in [0.25, 0.3) is 11.6 Å². The molecule has 1 heterocycles. The van der Waals surface area contributed by atoms with E-state index in [1.807, 2.05) is 0 Å². The number of benzene rings is 2. The number of rotatable bonds is 5. The molecule has 0 saturated heterocycles.